The average molecular weight is 442 g/mol. The van der Waals surface area contributed by atoms with Gasteiger partial charge in [0.1, 0.15) is 5.75 Å². The highest BCUT2D eigenvalue weighted by atomic mass is 32.1. The first-order valence-electron chi connectivity index (χ1n) is 10.0. The number of amides is 1. The molecule has 1 aliphatic rings. The molecule has 4 aromatic rings. The number of hydrogen-bond acceptors (Lipinski definition) is 7. The van der Waals surface area contributed by atoms with Crippen molar-refractivity contribution in [1.82, 2.24) is 4.98 Å². The second-order valence-corrected chi connectivity index (χ2v) is 8.09. The highest BCUT2D eigenvalue weighted by Gasteiger charge is 2.36. The lowest BCUT2D eigenvalue weighted by Gasteiger charge is -2.08. The van der Waals surface area contributed by atoms with Crippen LogP contribution in [0.1, 0.15) is 6.92 Å². The number of anilines is 1. The second-order valence-electron chi connectivity index (χ2n) is 7.25. The molecular weight excluding hydrogens is 422 g/mol. The lowest BCUT2D eigenvalue weighted by Crippen LogP contribution is -2.29. The zero-order chi connectivity index (χ0) is 22.1. The minimum atomic E-state index is -0.762. The molecule has 2 heterocycles. The van der Waals surface area contributed by atoms with Gasteiger partial charge in [-0.15, -0.1) is 11.3 Å². The standard InChI is InChI=1S/C24H19N5O2S/c1-15-22(27-26-20-9-5-7-16-6-3-4-8-19(16)20)23(30)29(28-15)24-25-21(14-32-24)17-10-12-18(31-2)13-11-17/h3-14,22H,1-2H3/t22-/m1/s1. The first-order valence-corrected chi connectivity index (χ1v) is 10.9. The van der Waals surface area contributed by atoms with Crippen LogP contribution in [0.4, 0.5) is 10.8 Å². The van der Waals surface area contributed by atoms with Gasteiger partial charge in [0, 0.05) is 16.3 Å². The van der Waals surface area contributed by atoms with Crippen molar-refractivity contribution in [3.63, 3.8) is 0 Å². The molecule has 1 atom stereocenters. The summed E-state index contributed by atoms with van der Waals surface area (Å²) < 4.78 is 5.20. The molecule has 0 saturated carbocycles. The number of fused-ring (bicyclic) bond motifs is 1. The van der Waals surface area contributed by atoms with Crippen LogP contribution in [0.5, 0.6) is 5.75 Å². The van der Waals surface area contributed by atoms with Crippen LogP contribution >= 0.6 is 11.3 Å². The number of hydrogen-bond donors (Lipinski definition) is 0. The number of hydrazone groups is 1. The number of nitrogens with zero attached hydrogens (tertiary/aromatic N) is 5. The van der Waals surface area contributed by atoms with Crippen molar-refractivity contribution in [2.24, 2.45) is 15.3 Å². The molecule has 3 aromatic carbocycles. The van der Waals surface area contributed by atoms with Gasteiger partial charge < -0.3 is 4.74 Å². The molecule has 0 N–H and O–H groups in total. The summed E-state index contributed by atoms with van der Waals surface area (Å²) in [4.78, 5) is 17.6. The Hall–Kier alpha value is -3.91. The summed E-state index contributed by atoms with van der Waals surface area (Å²) in [6.07, 6.45) is 0. The second kappa shape index (κ2) is 8.32. The van der Waals surface area contributed by atoms with Gasteiger partial charge >= 0.3 is 0 Å². The molecule has 1 aromatic heterocycles. The van der Waals surface area contributed by atoms with Crippen LogP contribution in [0.25, 0.3) is 22.0 Å². The topological polar surface area (TPSA) is 79.5 Å². The molecule has 0 bridgehead atoms. The molecule has 158 valence electrons. The third-order valence-electron chi connectivity index (χ3n) is 5.20. The first kappa shape index (κ1) is 20.0. The monoisotopic (exact) mass is 441 g/mol. The predicted octanol–water partition coefficient (Wildman–Crippen LogP) is 5.85. The normalized spacial score (nSPS) is 16.2. The van der Waals surface area contributed by atoms with Crippen molar-refractivity contribution in [2.45, 2.75) is 13.0 Å². The number of thiazole rings is 1. The molecule has 1 aliphatic heterocycles. The summed E-state index contributed by atoms with van der Waals surface area (Å²) >= 11 is 1.36. The number of rotatable bonds is 5. The molecule has 0 aliphatic carbocycles. The highest BCUT2D eigenvalue weighted by molar-refractivity contribution is 7.14. The molecule has 0 fully saturated rings. The van der Waals surface area contributed by atoms with E-state index in [2.05, 4.69) is 20.3 Å². The van der Waals surface area contributed by atoms with Crippen LogP contribution in [-0.2, 0) is 4.79 Å². The lowest BCUT2D eigenvalue weighted by atomic mass is 10.1. The Morgan fingerprint density at radius 3 is 2.62 bits per heavy atom. The molecule has 0 radical (unpaired) electrons. The zero-order valence-corrected chi connectivity index (χ0v) is 18.3. The minimum absolute atomic E-state index is 0.262. The predicted molar refractivity (Wildman–Crippen MR) is 127 cm³/mol. The molecule has 0 spiro atoms. The maximum absolute atomic E-state index is 13.0. The van der Waals surface area contributed by atoms with Crippen molar-refractivity contribution in [3.8, 4) is 17.0 Å². The summed E-state index contributed by atoms with van der Waals surface area (Å²) in [5.41, 5.74) is 3.01. The maximum atomic E-state index is 13.0. The Labute approximate surface area is 188 Å². The fraction of sp³-hybridized carbons (Fsp3) is 0.125. The lowest BCUT2D eigenvalue weighted by molar-refractivity contribution is -0.117. The zero-order valence-electron chi connectivity index (χ0n) is 17.5. The maximum Gasteiger partial charge on any atom is 0.282 e. The van der Waals surface area contributed by atoms with Gasteiger partial charge in [0.05, 0.1) is 24.2 Å². The van der Waals surface area contributed by atoms with Crippen molar-refractivity contribution in [3.05, 3.63) is 72.1 Å². The van der Waals surface area contributed by atoms with Gasteiger partial charge in [0.25, 0.3) is 5.91 Å². The van der Waals surface area contributed by atoms with Crippen molar-refractivity contribution < 1.29 is 9.53 Å². The van der Waals surface area contributed by atoms with Crippen LogP contribution in [-0.4, -0.2) is 29.8 Å². The first-order chi connectivity index (χ1) is 15.6. The van der Waals surface area contributed by atoms with E-state index in [0.29, 0.717) is 10.8 Å². The van der Waals surface area contributed by atoms with E-state index < -0.39 is 6.04 Å². The van der Waals surface area contributed by atoms with Crippen molar-refractivity contribution in [2.75, 3.05) is 12.1 Å². The van der Waals surface area contributed by atoms with Crippen LogP contribution in [0.15, 0.2) is 87.4 Å². The number of aromatic nitrogens is 1. The minimum Gasteiger partial charge on any atom is -0.497 e. The van der Waals surface area contributed by atoms with E-state index in [-0.39, 0.29) is 5.91 Å². The van der Waals surface area contributed by atoms with Crippen LogP contribution in [0.3, 0.4) is 0 Å². The van der Waals surface area contributed by atoms with E-state index in [1.807, 2.05) is 72.1 Å². The summed E-state index contributed by atoms with van der Waals surface area (Å²) in [6.45, 7) is 1.78. The summed E-state index contributed by atoms with van der Waals surface area (Å²) in [7, 11) is 1.63. The number of carbonyl (C=O) groups is 1. The third kappa shape index (κ3) is 3.65. The van der Waals surface area contributed by atoms with Crippen molar-refractivity contribution >= 4 is 44.5 Å². The van der Waals surface area contributed by atoms with Gasteiger partial charge in [-0.2, -0.15) is 20.3 Å². The van der Waals surface area contributed by atoms with Gasteiger partial charge in [-0.05, 0) is 42.6 Å². The molecule has 8 heteroatoms. The van der Waals surface area contributed by atoms with Gasteiger partial charge in [0.2, 0.25) is 5.13 Å². The van der Waals surface area contributed by atoms with Gasteiger partial charge in [-0.25, -0.2) is 4.98 Å². The Kier molecular flexibility index (Phi) is 5.20. The fourth-order valence-corrected chi connectivity index (χ4v) is 4.29. The van der Waals surface area contributed by atoms with Crippen LogP contribution in [0.2, 0.25) is 0 Å². The molecule has 32 heavy (non-hydrogen) atoms. The average Bonchev–Trinajstić information content (AvgIpc) is 3.42. The number of ether oxygens (including phenoxy) is 1. The van der Waals surface area contributed by atoms with E-state index in [0.717, 1.165) is 33.5 Å². The quantitative estimate of drug-likeness (QED) is 0.365. The number of azo groups is 1. The number of methoxy groups -OCH3 is 1. The molecule has 0 saturated heterocycles. The van der Waals surface area contributed by atoms with Gasteiger partial charge in [0.15, 0.2) is 6.04 Å². The van der Waals surface area contributed by atoms with E-state index in [1.165, 1.54) is 16.3 Å². The Morgan fingerprint density at radius 1 is 1.03 bits per heavy atom. The summed E-state index contributed by atoms with van der Waals surface area (Å²) in [5, 5.41) is 18.9. The van der Waals surface area contributed by atoms with Crippen LogP contribution in [0, 0.1) is 0 Å². The van der Waals surface area contributed by atoms with E-state index in [4.69, 9.17) is 4.74 Å². The smallest absolute Gasteiger partial charge is 0.282 e. The Bertz CT molecular complexity index is 1360. The van der Waals surface area contributed by atoms with Gasteiger partial charge in [-0.1, -0.05) is 36.4 Å². The van der Waals surface area contributed by atoms with Crippen LogP contribution < -0.4 is 9.75 Å². The number of benzene rings is 3. The molecule has 0 unspecified atom stereocenters. The number of carbonyl (C=O) groups excluding carboxylic acids is 1. The largest absolute Gasteiger partial charge is 0.497 e. The molecule has 1 amide bonds. The summed E-state index contributed by atoms with van der Waals surface area (Å²) in [6, 6.07) is 20.6. The molecular formula is C24H19N5O2S. The van der Waals surface area contributed by atoms with E-state index >= 15 is 0 Å². The Morgan fingerprint density at radius 2 is 1.81 bits per heavy atom. The SMILES string of the molecule is COc1ccc(-c2csc(N3N=C(C)[C@@H](N=Nc4cccc5ccccc45)C3=O)n2)cc1. The van der Waals surface area contributed by atoms with Crippen molar-refractivity contribution in [1.29, 1.82) is 0 Å². The highest BCUT2D eigenvalue weighted by Crippen LogP contribution is 2.32. The fourth-order valence-electron chi connectivity index (χ4n) is 3.50. The molecule has 7 nitrogen and oxygen atoms in total. The van der Waals surface area contributed by atoms with E-state index in [9.17, 15) is 4.79 Å². The Balaban J connectivity index is 1.38. The van der Waals surface area contributed by atoms with Gasteiger partial charge in [-0.3, -0.25) is 4.79 Å². The van der Waals surface area contributed by atoms with E-state index in [1.54, 1.807) is 14.0 Å². The summed E-state index contributed by atoms with van der Waals surface area (Å²) in [5.74, 6) is 0.515. The molecule has 5 rings (SSSR count). The third-order valence-corrected chi connectivity index (χ3v) is 6.02.